The zero-order valence-corrected chi connectivity index (χ0v) is 13.2. The lowest BCUT2D eigenvalue weighted by atomic mass is 10.0. The lowest BCUT2D eigenvalue weighted by Crippen LogP contribution is -2.64. The zero-order chi connectivity index (χ0) is 15.1. The Morgan fingerprint density at radius 2 is 2.10 bits per heavy atom. The highest BCUT2D eigenvalue weighted by Gasteiger charge is 2.47. The zero-order valence-electron chi connectivity index (χ0n) is 11.6. The Balaban J connectivity index is 2.01. The standard InChI is InChI=1S/C15H16BrFN2O2/c1-2-11-14(20)18-13(8-3-4-8)15(21)19(11)12-6-5-9(16)7-10(12)17/h5-8,11,13H,2-4H2,1H3,(H,18,20). The van der Waals surface area contributed by atoms with Gasteiger partial charge in [0.1, 0.15) is 17.9 Å². The first-order valence-electron chi connectivity index (χ1n) is 7.11. The molecule has 2 fully saturated rings. The third-order valence-electron chi connectivity index (χ3n) is 4.06. The molecule has 0 aromatic heterocycles. The minimum absolute atomic E-state index is 0.176. The van der Waals surface area contributed by atoms with Gasteiger partial charge in [0, 0.05) is 4.47 Å². The molecule has 2 unspecified atom stereocenters. The number of rotatable bonds is 3. The van der Waals surface area contributed by atoms with Crippen LogP contribution >= 0.6 is 15.9 Å². The molecule has 2 atom stereocenters. The Morgan fingerprint density at radius 3 is 2.67 bits per heavy atom. The van der Waals surface area contributed by atoms with Gasteiger partial charge >= 0.3 is 0 Å². The van der Waals surface area contributed by atoms with Crippen LogP contribution in [0.1, 0.15) is 26.2 Å². The number of nitrogens with zero attached hydrogens (tertiary/aromatic N) is 1. The predicted octanol–water partition coefficient (Wildman–Crippen LogP) is 2.61. The molecule has 1 heterocycles. The number of nitrogens with one attached hydrogen (secondary N) is 1. The third-order valence-corrected chi connectivity index (χ3v) is 4.56. The van der Waals surface area contributed by atoms with Gasteiger partial charge in [0.15, 0.2) is 0 Å². The number of amides is 2. The lowest BCUT2D eigenvalue weighted by Gasteiger charge is -2.38. The quantitative estimate of drug-likeness (QED) is 0.906. The summed E-state index contributed by atoms with van der Waals surface area (Å²) >= 11 is 3.20. The van der Waals surface area contributed by atoms with Crippen LogP contribution in [0.15, 0.2) is 22.7 Å². The van der Waals surface area contributed by atoms with Crippen LogP contribution in [-0.4, -0.2) is 23.9 Å². The molecular formula is C15H16BrFN2O2. The minimum atomic E-state index is -0.650. The number of hydrogen-bond acceptors (Lipinski definition) is 2. The molecule has 1 saturated carbocycles. The van der Waals surface area contributed by atoms with Crippen molar-refractivity contribution in [2.75, 3.05) is 4.90 Å². The summed E-state index contributed by atoms with van der Waals surface area (Å²) < 4.78 is 14.8. The van der Waals surface area contributed by atoms with E-state index in [4.69, 9.17) is 0 Å². The van der Waals surface area contributed by atoms with Crippen molar-refractivity contribution in [1.82, 2.24) is 5.32 Å². The van der Waals surface area contributed by atoms with E-state index in [-0.39, 0.29) is 23.4 Å². The summed E-state index contributed by atoms with van der Waals surface area (Å²) in [5.41, 5.74) is 0.176. The van der Waals surface area contributed by atoms with Crippen LogP contribution in [0.3, 0.4) is 0 Å². The highest BCUT2D eigenvalue weighted by Crippen LogP contribution is 2.37. The maximum absolute atomic E-state index is 14.2. The molecule has 3 rings (SSSR count). The first-order chi connectivity index (χ1) is 10.0. The molecule has 1 aromatic rings. The Labute approximate surface area is 130 Å². The van der Waals surface area contributed by atoms with Crippen molar-refractivity contribution in [3.8, 4) is 0 Å². The molecule has 112 valence electrons. The topological polar surface area (TPSA) is 49.4 Å². The molecule has 0 radical (unpaired) electrons. The molecular weight excluding hydrogens is 339 g/mol. The summed E-state index contributed by atoms with van der Waals surface area (Å²) in [4.78, 5) is 26.3. The summed E-state index contributed by atoms with van der Waals surface area (Å²) in [7, 11) is 0. The molecule has 1 aromatic carbocycles. The number of benzene rings is 1. The minimum Gasteiger partial charge on any atom is -0.342 e. The van der Waals surface area contributed by atoms with Crippen LogP contribution in [-0.2, 0) is 9.59 Å². The van der Waals surface area contributed by atoms with E-state index >= 15 is 0 Å². The fourth-order valence-electron chi connectivity index (χ4n) is 2.81. The van der Waals surface area contributed by atoms with Crippen LogP contribution in [0, 0.1) is 11.7 Å². The van der Waals surface area contributed by atoms with Crippen molar-refractivity contribution in [3.05, 3.63) is 28.5 Å². The van der Waals surface area contributed by atoms with Crippen LogP contribution in [0.25, 0.3) is 0 Å². The number of piperazine rings is 1. The number of hydrogen-bond donors (Lipinski definition) is 1. The van der Waals surface area contributed by atoms with Crippen LogP contribution in [0.4, 0.5) is 10.1 Å². The molecule has 2 aliphatic rings. The molecule has 1 saturated heterocycles. The van der Waals surface area contributed by atoms with E-state index in [2.05, 4.69) is 21.2 Å². The fourth-order valence-corrected chi connectivity index (χ4v) is 3.15. The largest absolute Gasteiger partial charge is 0.342 e. The Bertz CT molecular complexity index is 603. The molecule has 1 aliphatic heterocycles. The van der Waals surface area contributed by atoms with Gasteiger partial charge in [-0.15, -0.1) is 0 Å². The van der Waals surface area contributed by atoms with Crippen molar-refractivity contribution in [2.24, 2.45) is 5.92 Å². The second kappa shape index (κ2) is 5.40. The van der Waals surface area contributed by atoms with Gasteiger partial charge in [0.2, 0.25) is 5.91 Å². The summed E-state index contributed by atoms with van der Waals surface area (Å²) in [5.74, 6) is -0.706. The molecule has 1 N–H and O–H groups in total. The SMILES string of the molecule is CCC1C(=O)NC(C2CC2)C(=O)N1c1ccc(Br)cc1F. The molecule has 6 heteroatoms. The maximum Gasteiger partial charge on any atom is 0.250 e. The van der Waals surface area contributed by atoms with Crippen LogP contribution in [0.2, 0.25) is 0 Å². The molecule has 0 spiro atoms. The monoisotopic (exact) mass is 354 g/mol. The number of halogens is 2. The molecule has 1 aliphatic carbocycles. The Kier molecular flexibility index (Phi) is 3.73. The highest BCUT2D eigenvalue weighted by molar-refractivity contribution is 9.10. The Hall–Kier alpha value is -1.43. The first-order valence-corrected chi connectivity index (χ1v) is 7.90. The third kappa shape index (κ3) is 2.57. The molecule has 2 amide bonds. The van der Waals surface area contributed by atoms with Gasteiger partial charge in [0.25, 0.3) is 5.91 Å². The molecule has 0 bridgehead atoms. The fraction of sp³-hybridized carbons (Fsp3) is 0.467. The normalized spacial score (nSPS) is 26.0. The average molecular weight is 355 g/mol. The van der Waals surface area contributed by atoms with Crippen molar-refractivity contribution in [2.45, 2.75) is 38.3 Å². The van der Waals surface area contributed by atoms with Gasteiger partial charge in [-0.3, -0.25) is 14.5 Å². The van der Waals surface area contributed by atoms with Crippen molar-refractivity contribution in [1.29, 1.82) is 0 Å². The second-order valence-corrected chi connectivity index (χ2v) is 6.47. The van der Waals surface area contributed by atoms with Crippen LogP contribution in [0.5, 0.6) is 0 Å². The molecule has 21 heavy (non-hydrogen) atoms. The van der Waals surface area contributed by atoms with Crippen molar-refractivity contribution >= 4 is 33.4 Å². The van der Waals surface area contributed by atoms with E-state index in [0.717, 1.165) is 12.8 Å². The maximum atomic E-state index is 14.2. The first kappa shape index (κ1) is 14.5. The van der Waals surface area contributed by atoms with Crippen molar-refractivity contribution in [3.63, 3.8) is 0 Å². The van der Waals surface area contributed by atoms with E-state index < -0.39 is 17.9 Å². The Morgan fingerprint density at radius 1 is 1.38 bits per heavy atom. The van der Waals surface area contributed by atoms with Gasteiger partial charge < -0.3 is 5.32 Å². The number of carbonyl (C=O) groups excluding carboxylic acids is 2. The predicted molar refractivity (Wildman–Crippen MR) is 80.3 cm³/mol. The lowest BCUT2D eigenvalue weighted by molar-refractivity contribution is -0.134. The highest BCUT2D eigenvalue weighted by atomic mass is 79.9. The average Bonchev–Trinajstić information content (AvgIpc) is 3.26. The molecule has 4 nitrogen and oxygen atoms in total. The van der Waals surface area contributed by atoms with Gasteiger partial charge in [-0.05, 0) is 43.4 Å². The van der Waals surface area contributed by atoms with E-state index in [1.165, 1.54) is 11.0 Å². The van der Waals surface area contributed by atoms with Gasteiger partial charge in [-0.1, -0.05) is 22.9 Å². The van der Waals surface area contributed by atoms with Gasteiger partial charge in [-0.2, -0.15) is 0 Å². The summed E-state index contributed by atoms with van der Waals surface area (Å²) in [6.07, 6.45) is 2.32. The van der Waals surface area contributed by atoms with E-state index in [0.29, 0.717) is 10.9 Å². The van der Waals surface area contributed by atoms with Crippen molar-refractivity contribution < 1.29 is 14.0 Å². The summed E-state index contributed by atoms with van der Waals surface area (Å²) in [6, 6.07) is 3.37. The van der Waals surface area contributed by atoms with Crippen LogP contribution < -0.4 is 10.2 Å². The van der Waals surface area contributed by atoms with E-state index in [9.17, 15) is 14.0 Å². The smallest absolute Gasteiger partial charge is 0.250 e. The van der Waals surface area contributed by atoms with E-state index in [1.54, 1.807) is 12.1 Å². The summed E-state index contributed by atoms with van der Waals surface area (Å²) in [6.45, 7) is 1.82. The van der Waals surface area contributed by atoms with Gasteiger partial charge in [0.05, 0.1) is 5.69 Å². The summed E-state index contributed by atoms with van der Waals surface area (Å²) in [5, 5.41) is 2.80. The second-order valence-electron chi connectivity index (χ2n) is 5.55. The van der Waals surface area contributed by atoms with Gasteiger partial charge in [-0.25, -0.2) is 4.39 Å². The number of anilines is 1. The van der Waals surface area contributed by atoms with E-state index in [1.807, 2.05) is 6.92 Å². The number of carbonyl (C=O) groups is 2.